The molecular formula is C29H31N3O2. The number of allylic oxidation sites excluding steroid dienone is 1. The SMILES string of the molecule is CC/C=C/c1nc2ccc(N)cc2n1Cc1ccc(-c2ccccc2C(=O)OC(C)(C)C)cc1. The van der Waals surface area contributed by atoms with Crippen molar-refractivity contribution in [2.75, 3.05) is 5.73 Å². The Labute approximate surface area is 200 Å². The second-order valence-electron chi connectivity index (χ2n) is 9.36. The number of fused-ring (bicyclic) bond motifs is 1. The quantitative estimate of drug-likeness (QED) is 0.260. The molecule has 1 heterocycles. The van der Waals surface area contributed by atoms with E-state index >= 15 is 0 Å². The first-order chi connectivity index (χ1) is 16.2. The highest BCUT2D eigenvalue weighted by atomic mass is 16.6. The molecule has 0 amide bonds. The first-order valence-electron chi connectivity index (χ1n) is 11.6. The summed E-state index contributed by atoms with van der Waals surface area (Å²) >= 11 is 0. The maximum absolute atomic E-state index is 12.8. The molecule has 0 saturated carbocycles. The van der Waals surface area contributed by atoms with Gasteiger partial charge in [-0.05, 0) is 74.2 Å². The van der Waals surface area contributed by atoms with Gasteiger partial charge in [0.1, 0.15) is 11.4 Å². The number of hydrogen-bond donors (Lipinski definition) is 1. The van der Waals surface area contributed by atoms with Crippen LogP contribution in [0.1, 0.15) is 55.9 Å². The maximum Gasteiger partial charge on any atom is 0.339 e. The van der Waals surface area contributed by atoms with Gasteiger partial charge in [0.05, 0.1) is 16.6 Å². The lowest BCUT2D eigenvalue weighted by molar-refractivity contribution is 0.00704. The average Bonchev–Trinajstić information content (AvgIpc) is 3.13. The normalized spacial score (nSPS) is 11.9. The number of benzene rings is 3. The van der Waals surface area contributed by atoms with E-state index in [2.05, 4.69) is 35.8 Å². The highest BCUT2D eigenvalue weighted by Crippen LogP contribution is 2.27. The van der Waals surface area contributed by atoms with E-state index in [1.165, 1.54) is 0 Å². The highest BCUT2D eigenvalue weighted by molar-refractivity contribution is 5.97. The van der Waals surface area contributed by atoms with Crippen molar-refractivity contribution in [3.8, 4) is 11.1 Å². The Morgan fingerprint density at radius 1 is 1.06 bits per heavy atom. The standard InChI is InChI=1S/C29H31N3O2/c1-5-6-11-27-31-25-17-16-22(30)18-26(25)32(27)19-20-12-14-21(15-13-20)23-9-7-8-10-24(23)28(33)34-29(2,3)4/h6-18H,5,19,30H2,1-4H3/b11-6+. The molecular weight excluding hydrogens is 422 g/mol. The van der Waals surface area contributed by atoms with Crippen LogP contribution in [0, 0.1) is 0 Å². The summed E-state index contributed by atoms with van der Waals surface area (Å²) in [5, 5.41) is 0. The highest BCUT2D eigenvalue weighted by Gasteiger charge is 2.20. The van der Waals surface area contributed by atoms with Gasteiger partial charge in [-0.3, -0.25) is 0 Å². The zero-order chi connectivity index (χ0) is 24.3. The molecule has 0 unspecified atom stereocenters. The predicted molar refractivity (Wildman–Crippen MR) is 140 cm³/mol. The molecule has 1 aromatic heterocycles. The molecule has 5 heteroatoms. The molecule has 0 spiro atoms. The zero-order valence-electron chi connectivity index (χ0n) is 20.2. The molecule has 4 aromatic rings. The molecule has 0 radical (unpaired) electrons. The summed E-state index contributed by atoms with van der Waals surface area (Å²) in [7, 11) is 0. The monoisotopic (exact) mass is 453 g/mol. The molecule has 0 bridgehead atoms. The number of nitrogens with two attached hydrogens (primary N) is 1. The fourth-order valence-corrected chi connectivity index (χ4v) is 3.89. The van der Waals surface area contributed by atoms with E-state index in [-0.39, 0.29) is 5.97 Å². The summed E-state index contributed by atoms with van der Waals surface area (Å²) in [6, 6.07) is 21.6. The Hall–Kier alpha value is -3.86. The molecule has 0 aliphatic rings. The van der Waals surface area contributed by atoms with Crippen molar-refractivity contribution in [3.05, 3.63) is 89.8 Å². The van der Waals surface area contributed by atoms with Gasteiger partial charge in [0.15, 0.2) is 0 Å². The van der Waals surface area contributed by atoms with E-state index in [1.807, 2.05) is 75.4 Å². The minimum atomic E-state index is -0.547. The number of hydrogen-bond acceptors (Lipinski definition) is 4. The zero-order valence-corrected chi connectivity index (χ0v) is 20.2. The number of anilines is 1. The van der Waals surface area contributed by atoms with Crippen LogP contribution in [0.3, 0.4) is 0 Å². The predicted octanol–water partition coefficient (Wildman–Crippen LogP) is 6.71. The van der Waals surface area contributed by atoms with Crippen LogP contribution in [0.2, 0.25) is 0 Å². The summed E-state index contributed by atoms with van der Waals surface area (Å²) in [6.07, 6.45) is 5.11. The number of aromatic nitrogens is 2. The van der Waals surface area contributed by atoms with Crippen LogP contribution in [0.25, 0.3) is 28.2 Å². The van der Waals surface area contributed by atoms with Gasteiger partial charge in [-0.25, -0.2) is 9.78 Å². The summed E-state index contributed by atoms with van der Waals surface area (Å²) < 4.78 is 7.79. The lowest BCUT2D eigenvalue weighted by Crippen LogP contribution is -2.24. The van der Waals surface area contributed by atoms with Gasteiger partial charge in [-0.1, -0.05) is 55.5 Å². The second-order valence-corrected chi connectivity index (χ2v) is 9.36. The van der Waals surface area contributed by atoms with Crippen LogP contribution in [0.5, 0.6) is 0 Å². The molecule has 0 atom stereocenters. The van der Waals surface area contributed by atoms with E-state index in [0.717, 1.165) is 40.0 Å². The summed E-state index contributed by atoms with van der Waals surface area (Å²) in [4.78, 5) is 17.5. The topological polar surface area (TPSA) is 70.1 Å². The summed E-state index contributed by atoms with van der Waals surface area (Å²) in [6.45, 7) is 8.39. The van der Waals surface area contributed by atoms with Crippen LogP contribution in [0.15, 0.2) is 72.8 Å². The van der Waals surface area contributed by atoms with Gasteiger partial charge >= 0.3 is 5.97 Å². The number of rotatable bonds is 6. The van der Waals surface area contributed by atoms with Gasteiger partial charge in [-0.15, -0.1) is 0 Å². The Balaban J connectivity index is 1.66. The van der Waals surface area contributed by atoms with E-state index in [9.17, 15) is 4.79 Å². The molecule has 3 aromatic carbocycles. The number of nitrogen functional groups attached to an aromatic ring is 1. The molecule has 0 aliphatic heterocycles. The molecule has 2 N–H and O–H groups in total. The Morgan fingerprint density at radius 2 is 1.79 bits per heavy atom. The van der Waals surface area contributed by atoms with E-state index in [4.69, 9.17) is 15.5 Å². The molecule has 34 heavy (non-hydrogen) atoms. The summed E-state index contributed by atoms with van der Waals surface area (Å²) in [5.41, 5.74) is 11.7. The van der Waals surface area contributed by atoms with Crippen LogP contribution in [-0.2, 0) is 11.3 Å². The number of carbonyl (C=O) groups excluding carboxylic acids is 1. The van der Waals surface area contributed by atoms with E-state index in [1.54, 1.807) is 0 Å². The van der Waals surface area contributed by atoms with Crippen molar-refractivity contribution in [2.24, 2.45) is 0 Å². The third-order valence-corrected chi connectivity index (χ3v) is 5.46. The van der Waals surface area contributed by atoms with Gasteiger partial charge < -0.3 is 15.0 Å². The molecule has 0 aliphatic carbocycles. The van der Waals surface area contributed by atoms with Crippen molar-refractivity contribution in [1.29, 1.82) is 0 Å². The van der Waals surface area contributed by atoms with Crippen molar-refractivity contribution < 1.29 is 9.53 Å². The van der Waals surface area contributed by atoms with Crippen LogP contribution >= 0.6 is 0 Å². The van der Waals surface area contributed by atoms with Gasteiger partial charge in [0.25, 0.3) is 0 Å². The number of nitrogens with zero attached hydrogens (tertiary/aromatic N) is 2. The number of ether oxygens (including phenoxy) is 1. The molecule has 5 nitrogen and oxygen atoms in total. The average molecular weight is 454 g/mol. The smallest absolute Gasteiger partial charge is 0.339 e. The molecule has 0 fully saturated rings. The van der Waals surface area contributed by atoms with Crippen molar-refractivity contribution in [1.82, 2.24) is 9.55 Å². The molecule has 174 valence electrons. The minimum absolute atomic E-state index is 0.318. The first-order valence-corrected chi connectivity index (χ1v) is 11.6. The third kappa shape index (κ3) is 5.20. The second kappa shape index (κ2) is 9.56. The van der Waals surface area contributed by atoms with Crippen LogP contribution < -0.4 is 5.73 Å². The van der Waals surface area contributed by atoms with Crippen molar-refractivity contribution in [2.45, 2.75) is 46.3 Å². The number of imidazole rings is 1. The number of carbonyl (C=O) groups is 1. The Morgan fingerprint density at radius 3 is 2.50 bits per heavy atom. The Kier molecular flexibility index (Phi) is 6.55. The van der Waals surface area contributed by atoms with Crippen molar-refractivity contribution >= 4 is 28.8 Å². The summed E-state index contributed by atoms with van der Waals surface area (Å²) in [5.74, 6) is 0.587. The van der Waals surface area contributed by atoms with Gasteiger partial charge in [0.2, 0.25) is 0 Å². The lowest BCUT2D eigenvalue weighted by atomic mass is 9.98. The van der Waals surface area contributed by atoms with Crippen LogP contribution in [0.4, 0.5) is 5.69 Å². The maximum atomic E-state index is 12.8. The largest absolute Gasteiger partial charge is 0.456 e. The fraction of sp³-hybridized carbons (Fsp3) is 0.241. The van der Waals surface area contributed by atoms with E-state index < -0.39 is 5.60 Å². The number of esters is 1. The van der Waals surface area contributed by atoms with Crippen molar-refractivity contribution in [3.63, 3.8) is 0 Å². The van der Waals surface area contributed by atoms with Gasteiger partial charge in [-0.2, -0.15) is 0 Å². The minimum Gasteiger partial charge on any atom is -0.456 e. The third-order valence-electron chi connectivity index (χ3n) is 5.46. The fourth-order valence-electron chi connectivity index (χ4n) is 3.89. The van der Waals surface area contributed by atoms with Crippen LogP contribution in [-0.4, -0.2) is 21.1 Å². The van der Waals surface area contributed by atoms with Gasteiger partial charge in [0, 0.05) is 12.2 Å². The lowest BCUT2D eigenvalue weighted by Gasteiger charge is -2.20. The van der Waals surface area contributed by atoms with E-state index in [0.29, 0.717) is 17.8 Å². The first kappa shape index (κ1) is 23.3. The Bertz CT molecular complexity index is 1340. The molecule has 4 rings (SSSR count). The molecule has 0 saturated heterocycles.